The second-order valence-electron chi connectivity index (χ2n) is 6.25. The van der Waals surface area contributed by atoms with E-state index in [9.17, 15) is 16.8 Å². The Morgan fingerprint density at radius 3 is 1.56 bits per heavy atom. The fourth-order valence-electron chi connectivity index (χ4n) is 2.59. The van der Waals surface area contributed by atoms with Crippen molar-refractivity contribution in [1.82, 2.24) is 9.97 Å². The molecule has 0 aliphatic carbocycles. The summed E-state index contributed by atoms with van der Waals surface area (Å²) in [5, 5.41) is -1.04. The molecule has 0 spiro atoms. The second kappa shape index (κ2) is 6.33. The molecule has 0 bridgehead atoms. The predicted octanol–water partition coefficient (Wildman–Crippen LogP) is 3.73. The fraction of sp³-hybridized carbons (Fsp3) is 0.176. The molecule has 4 aromatic rings. The van der Waals surface area contributed by atoms with Crippen LogP contribution in [-0.2, 0) is 19.7 Å². The van der Waals surface area contributed by atoms with Crippen molar-refractivity contribution in [2.24, 2.45) is 0 Å². The number of sulfone groups is 2. The standard InChI is InChI=1S/C17H14N2O4S4/c1-10-3-5-12-14(7-10)24-16(18-12)26(20,21)9-27(22,23)17-19-13-6-4-11(2)8-15(13)25-17/h3-8H,9H2,1-2H3. The number of nitrogens with zero attached hydrogens (tertiary/aromatic N) is 2. The van der Waals surface area contributed by atoms with Gasteiger partial charge in [-0.25, -0.2) is 26.8 Å². The predicted molar refractivity (Wildman–Crippen MR) is 108 cm³/mol. The van der Waals surface area contributed by atoms with Gasteiger partial charge in [0, 0.05) is 0 Å². The number of hydrogen-bond donors (Lipinski definition) is 0. The molecule has 0 saturated heterocycles. The van der Waals surface area contributed by atoms with Crippen LogP contribution in [0.2, 0.25) is 0 Å². The summed E-state index contributed by atoms with van der Waals surface area (Å²) in [4.78, 5) is 8.21. The Morgan fingerprint density at radius 1 is 0.741 bits per heavy atom. The molecule has 0 aliphatic rings. The van der Waals surface area contributed by atoms with E-state index in [2.05, 4.69) is 9.97 Å². The number of benzene rings is 2. The van der Waals surface area contributed by atoms with E-state index in [0.717, 1.165) is 33.8 Å². The molecule has 0 saturated carbocycles. The molecule has 140 valence electrons. The normalized spacial score (nSPS) is 12.8. The summed E-state index contributed by atoms with van der Waals surface area (Å²) < 4.78 is 51.8. The Hall–Kier alpha value is -1.88. The average Bonchev–Trinajstić information content (AvgIpc) is 3.17. The van der Waals surface area contributed by atoms with Gasteiger partial charge in [0.05, 0.1) is 20.4 Å². The number of aryl methyl sites for hydroxylation is 2. The zero-order valence-corrected chi connectivity index (χ0v) is 17.6. The Morgan fingerprint density at radius 2 is 1.15 bits per heavy atom. The largest absolute Gasteiger partial charge is 0.225 e. The van der Waals surface area contributed by atoms with Crippen LogP contribution in [-0.4, -0.2) is 31.9 Å². The van der Waals surface area contributed by atoms with Crippen LogP contribution < -0.4 is 0 Å². The molecule has 4 rings (SSSR count). The number of hydrogen-bond acceptors (Lipinski definition) is 8. The third kappa shape index (κ3) is 3.49. The molecule has 0 aliphatic heterocycles. The van der Waals surface area contributed by atoms with Gasteiger partial charge in [-0.15, -0.1) is 22.7 Å². The highest BCUT2D eigenvalue weighted by Gasteiger charge is 2.31. The summed E-state index contributed by atoms with van der Waals surface area (Å²) >= 11 is 1.96. The highest BCUT2D eigenvalue weighted by atomic mass is 32.3. The zero-order chi connectivity index (χ0) is 19.4. The van der Waals surface area contributed by atoms with Crippen molar-refractivity contribution in [2.75, 3.05) is 5.08 Å². The lowest BCUT2D eigenvalue weighted by atomic mass is 10.2. The minimum atomic E-state index is -4.10. The monoisotopic (exact) mass is 438 g/mol. The molecule has 10 heteroatoms. The van der Waals surface area contributed by atoms with E-state index in [0.29, 0.717) is 20.4 Å². The quantitative estimate of drug-likeness (QED) is 0.482. The summed E-state index contributed by atoms with van der Waals surface area (Å²) in [6, 6.07) is 10.8. The van der Waals surface area contributed by atoms with Crippen LogP contribution in [0, 0.1) is 13.8 Å². The van der Waals surface area contributed by atoms with E-state index in [1.807, 2.05) is 38.1 Å². The van der Waals surface area contributed by atoms with Crippen molar-refractivity contribution >= 4 is 62.8 Å². The summed E-state index contributed by atoms with van der Waals surface area (Å²) in [5.41, 5.74) is 3.04. The molecule has 0 unspecified atom stereocenters. The smallest absolute Gasteiger partial charge is 0.220 e. The van der Waals surface area contributed by atoms with Gasteiger partial charge in [-0.1, -0.05) is 12.1 Å². The molecular weight excluding hydrogens is 424 g/mol. The second-order valence-corrected chi connectivity index (χ2v) is 13.0. The zero-order valence-electron chi connectivity index (χ0n) is 14.3. The lowest BCUT2D eigenvalue weighted by molar-refractivity contribution is 0.588. The molecule has 2 heterocycles. The van der Waals surface area contributed by atoms with Gasteiger partial charge in [0.2, 0.25) is 28.4 Å². The number of fused-ring (bicyclic) bond motifs is 2. The first-order chi connectivity index (χ1) is 12.6. The van der Waals surface area contributed by atoms with Gasteiger partial charge >= 0.3 is 0 Å². The Labute approximate surface area is 164 Å². The maximum absolute atomic E-state index is 12.7. The highest BCUT2D eigenvalue weighted by molar-refractivity contribution is 8.09. The van der Waals surface area contributed by atoms with Crippen LogP contribution in [0.5, 0.6) is 0 Å². The first-order valence-corrected chi connectivity index (χ1v) is 12.8. The van der Waals surface area contributed by atoms with Crippen molar-refractivity contribution < 1.29 is 16.8 Å². The van der Waals surface area contributed by atoms with Crippen LogP contribution in [0.25, 0.3) is 20.4 Å². The van der Waals surface area contributed by atoms with Gasteiger partial charge in [-0.2, -0.15) is 0 Å². The van der Waals surface area contributed by atoms with E-state index in [4.69, 9.17) is 0 Å². The van der Waals surface area contributed by atoms with E-state index in [-0.39, 0.29) is 8.68 Å². The van der Waals surface area contributed by atoms with E-state index >= 15 is 0 Å². The van der Waals surface area contributed by atoms with Gasteiger partial charge < -0.3 is 0 Å². The van der Waals surface area contributed by atoms with Crippen LogP contribution in [0.3, 0.4) is 0 Å². The lowest BCUT2D eigenvalue weighted by Crippen LogP contribution is -2.16. The van der Waals surface area contributed by atoms with Crippen LogP contribution in [0.15, 0.2) is 45.1 Å². The molecule has 6 nitrogen and oxygen atoms in total. The molecule has 0 N–H and O–H groups in total. The Kier molecular flexibility index (Phi) is 4.34. The van der Waals surface area contributed by atoms with E-state index in [1.165, 1.54) is 0 Å². The third-order valence-electron chi connectivity index (χ3n) is 3.89. The van der Waals surface area contributed by atoms with E-state index in [1.54, 1.807) is 12.1 Å². The third-order valence-corrected chi connectivity index (χ3v) is 11.3. The molecule has 0 atom stereocenters. The van der Waals surface area contributed by atoms with Gasteiger partial charge in [-0.05, 0) is 49.2 Å². The van der Waals surface area contributed by atoms with Crippen LogP contribution in [0.4, 0.5) is 0 Å². The summed E-state index contributed by atoms with van der Waals surface area (Å²) in [6.45, 7) is 3.79. The maximum atomic E-state index is 12.7. The van der Waals surface area contributed by atoms with Gasteiger partial charge in [-0.3, -0.25) is 0 Å². The van der Waals surface area contributed by atoms with Gasteiger partial charge in [0.25, 0.3) is 0 Å². The first kappa shape index (κ1) is 18.5. The van der Waals surface area contributed by atoms with Crippen molar-refractivity contribution in [3.8, 4) is 0 Å². The minimum absolute atomic E-state index is 0.191. The molecule has 0 fully saturated rings. The fourth-order valence-corrected chi connectivity index (χ4v) is 9.52. The highest BCUT2D eigenvalue weighted by Crippen LogP contribution is 2.31. The molecule has 2 aromatic carbocycles. The molecule has 0 amide bonds. The summed E-state index contributed by atoms with van der Waals surface area (Å²) in [5.74, 6) is 0. The van der Waals surface area contributed by atoms with Crippen molar-refractivity contribution in [3.05, 3.63) is 47.5 Å². The topological polar surface area (TPSA) is 94.1 Å². The van der Waals surface area contributed by atoms with Crippen LogP contribution >= 0.6 is 22.7 Å². The molecule has 0 radical (unpaired) electrons. The first-order valence-electron chi connectivity index (χ1n) is 7.84. The Balaban J connectivity index is 1.72. The van der Waals surface area contributed by atoms with E-state index < -0.39 is 24.8 Å². The summed E-state index contributed by atoms with van der Waals surface area (Å²) in [7, 11) is -8.20. The number of thiazole rings is 2. The summed E-state index contributed by atoms with van der Waals surface area (Å²) in [6.07, 6.45) is 0. The Bertz CT molecular complexity index is 1290. The van der Waals surface area contributed by atoms with Gasteiger partial charge in [0.1, 0.15) is 0 Å². The average molecular weight is 439 g/mol. The number of aromatic nitrogens is 2. The maximum Gasteiger partial charge on any atom is 0.220 e. The van der Waals surface area contributed by atoms with Crippen molar-refractivity contribution in [2.45, 2.75) is 22.5 Å². The van der Waals surface area contributed by atoms with Crippen molar-refractivity contribution in [1.29, 1.82) is 0 Å². The minimum Gasteiger partial charge on any atom is -0.225 e. The van der Waals surface area contributed by atoms with Gasteiger partial charge in [0.15, 0.2) is 5.08 Å². The number of rotatable bonds is 4. The molecule has 27 heavy (non-hydrogen) atoms. The molecule has 2 aromatic heterocycles. The van der Waals surface area contributed by atoms with Crippen molar-refractivity contribution in [3.63, 3.8) is 0 Å². The molecular formula is C17H14N2O4S4. The van der Waals surface area contributed by atoms with Crippen LogP contribution in [0.1, 0.15) is 11.1 Å². The lowest BCUT2D eigenvalue weighted by Gasteiger charge is -2.00. The SMILES string of the molecule is Cc1ccc2nc(S(=O)(=O)CS(=O)(=O)c3nc4ccc(C)cc4s3)sc2c1.